The van der Waals surface area contributed by atoms with E-state index in [4.69, 9.17) is 0 Å². The molecule has 1 atom stereocenters. The second kappa shape index (κ2) is 8.33. The number of carbonyl (C=O) groups is 2. The standard InChI is InChI=1S/C17H25N3O4S/c1-3-10-25(23,24)13(2)17(22)19-11-14-4-6-15(7-5-14)20-9-8-18-16(21)12-20/h4-7,13H,3,8-12H2,1-2H3,(H,18,21)(H,19,22). The fourth-order valence-corrected chi connectivity index (χ4v) is 3.97. The monoisotopic (exact) mass is 367 g/mol. The molecule has 1 saturated heterocycles. The molecule has 0 saturated carbocycles. The minimum atomic E-state index is -3.40. The van der Waals surface area contributed by atoms with Gasteiger partial charge in [0.05, 0.1) is 12.3 Å². The summed E-state index contributed by atoms with van der Waals surface area (Å²) in [4.78, 5) is 25.5. The zero-order chi connectivity index (χ0) is 18.4. The average molecular weight is 367 g/mol. The van der Waals surface area contributed by atoms with Gasteiger partial charge in [0.25, 0.3) is 0 Å². The van der Waals surface area contributed by atoms with Crippen LogP contribution < -0.4 is 15.5 Å². The third-order valence-corrected chi connectivity index (χ3v) is 6.47. The lowest BCUT2D eigenvalue weighted by atomic mass is 10.2. The van der Waals surface area contributed by atoms with Gasteiger partial charge in [0.15, 0.2) is 9.84 Å². The third kappa shape index (κ3) is 5.19. The SMILES string of the molecule is CCCS(=O)(=O)C(C)C(=O)NCc1ccc(N2CCNC(=O)C2)cc1. The fraction of sp³-hybridized carbons (Fsp3) is 0.529. The van der Waals surface area contributed by atoms with Gasteiger partial charge in [0.2, 0.25) is 11.8 Å². The number of nitrogens with one attached hydrogen (secondary N) is 2. The van der Waals surface area contributed by atoms with Crippen LogP contribution in [-0.2, 0) is 26.0 Å². The maximum atomic E-state index is 12.0. The first kappa shape index (κ1) is 19.2. The molecule has 25 heavy (non-hydrogen) atoms. The van der Waals surface area contributed by atoms with Gasteiger partial charge in [0, 0.05) is 25.3 Å². The molecular weight excluding hydrogens is 342 g/mol. The molecule has 1 aromatic carbocycles. The molecule has 1 aliphatic rings. The number of nitrogens with zero attached hydrogens (tertiary/aromatic N) is 1. The highest BCUT2D eigenvalue weighted by Crippen LogP contribution is 2.16. The van der Waals surface area contributed by atoms with E-state index in [1.54, 1.807) is 6.92 Å². The van der Waals surface area contributed by atoms with Crippen LogP contribution in [0.4, 0.5) is 5.69 Å². The molecule has 2 amide bonds. The summed E-state index contributed by atoms with van der Waals surface area (Å²) in [5.74, 6) is -0.463. The minimum Gasteiger partial charge on any atom is -0.360 e. The van der Waals surface area contributed by atoms with Crippen molar-refractivity contribution in [2.24, 2.45) is 0 Å². The highest BCUT2D eigenvalue weighted by molar-refractivity contribution is 7.92. The Bertz CT molecular complexity index is 716. The number of sulfone groups is 1. The summed E-state index contributed by atoms with van der Waals surface area (Å²) in [7, 11) is -3.40. The van der Waals surface area contributed by atoms with Crippen molar-refractivity contribution < 1.29 is 18.0 Å². The average Bonchev–Trinajstić information content (AvgIpc) is 2.59. The van der Waals surface area contributed by atoms with Crippen molar-refractivity contribution in [2.75, 3.05) is 30.3 Å². The van der Waals surface area contributed by atoms with Crippen LogP contribution in [0.25, 0.3) is 0 Å². The highest BCUT2D eigenvalue weighted by Gasteiger charge is 2.26. The van der Waals surface area contributed by atoms with E-state index in [-0.39, 0.29) is 18.2 Å². The zero-order valence-corrected chi connectivity index (χ0v) is 15.4. The molecule has 2 rings (SSSR count). The summed E-state index contributed by atoms with van der Waals surface area (Å²) in [6, 6.07) is 7.54. The van der Waals surface area contributed by atoms with Crippen molar-refractivity contribution >= 4 is 27.3 Å². The first-order valence-electron chi connectivity index (χ1n) is 8.43. The lowest BCUT2D eigenvalue weighted by molar-refractivity contribution is -0.121. The van der Waals surface area contributed by atoms with Crippen molar-refractivity contribution in [3.05, 3.63) is 29.8 Å². The summed E-state index contributed by atoms with van der Waals surface area (Å²) in [6.07, 6.45) is 0.496. The van der Waals surface area contributed by atoms with Gasteiger partial charge in [-0.25, -0.2) is 8.42 Å². The molecule has 1 unspecified atom stereocenters. The van der Waals surface area contributed by atoms with Crippen molar-refractivity contribution in [3.63, 3.8) is 0 Å². The number of amides is 2. The molecule has 8 heteroatoms. The van der Waals surface area contributed by atoms with E-state index in [0.717, 1.165) is 17.8 Å². The molecule has 1 heterocycles. The Hall–Kier alpha value is -2.09. The summed E-state index contributed by atoms with van der Waals surface area (Å²) in [5, 5.41) is 4.41. The maximum Gasteiger partial charge on any atom is 0.239 e. The summed E-state index contributed by atoms with van der Waals surface area (Å²) in [6.45, 7) is 5.18. The topological polar surface area (TPSA) is 95.6 Å². The molecule has 1 fully saturated rings. The van der Waals surface area contributed by atoms with Crippen LogP contribution in [0, 0.1) is 0 Å². The predicted octanol–water partition coefficient (Wildman–Crippen LogP) is 0.452. The molecule has 0 aromatic heterocycles. The molecule has 2 N–H and O–H groups in total. The van der Waals surface area contributed by atoms with Gasteiger partial charge >= 0.3 is 0 Å². The minimum absolute atomic E-state index is 0.00451. The molecule has 0 spiro atoms. The van der Waals surface area contributed by atoms with Gasteiger partial charge in [-0.05, 0) is 31.0 Å². The summed E-state index contributed by atoms with van der Waals surface area (Å²) < 4.78 is 23.9. The van der Waals surface area contributed by atoms with Crippen LogP contribution in [0.5, 0.6) is 0 Å². The van der Waals surface area contributed by atoms with Crippen LogP contribution in [0.3, 0.4) is 0 Å². The lowest BCUT2D eigenvalue weighted by Gasteiger charge is -2.28. The van der Waals surface area contributed by atoms with E-state index in [1.807, 2.05) is 29.2 Å². The van der Waals surface area contributed by atoms with Crippen molar-refractivity contribution in [2.45, 2.75) is 32.1 Å². The highest BCUT2D eigenvalue weighted by atomic mass is 32.2. The normalized spacial score (nSPS) is 16.2. The van der Waals surface area contributed by atoms with E-state index in [0.29, 0.717) is 19.5 Å². The van der Waals surface area contributed by atoms with Gasteiger partial charge in [-0.3, -0.25) is 9.59 Å². The number of hydrogen-bond donors (Lipinski definition) is 2. The first-order chi connectivity index (χ1) is 11.8. The molecule has 1 aromatic rings. The molecule has 138 valence electrons. The lowest BCUT2D eigenvalue weighted by Crippen LogP contribution is -2.47. The first-order valence-corrected chi connectivity index (χ1v) is 10.1. The number of anilines is 1. The Morgan fingerprint density at radius 3 is 2.60 bits per heavy atom. The zero-order valence-electron chi connectivity index (χ0n) is 14.6. The summed E-state index contributed by atoms with van der Waals surface area (Å²) in [5.41, 5.74) is 1.82. The Balaban J connectivity index is 1.91. The predicted molar refractivity (Wildman–Crippen MR) is 97.1 cm³/mol. The number of hydrogen-bond acceptors (Lipinski definition) is 5. The molecule has 0 radical (unpaired) electrons. The second-order valence-corrected chi connectivity index (χ2v) is 8.61. The van der Waals surface area contributed by atoms with E-state index in [9.17, 15) is 18.0 Å². The van der Waals surface area contributed by atoms with E-state index in [2.05, 4.69) is 10.6 Å². The van der Waals surface area contributed by atoms with E-state index in [1.165, 1.54) is 6.92 Å². The Labute approximate surface area is 148 Å². The quantitative estimate of drug-likeness (QED) is 0.730. The maximum absolute atomic E-state index is 12.0. The van der Waals surface area contributed by atoms with Gasteiger partial charge < -0.3 is 15.5 Å². The van der Waals surface area contributed by atoms with Crippen molar-refractivity contribution in [1.82, 2.24) is 10.6 Å². The van der Waals surface area contributed by atoms with E-state index >= 15 is 0 Å². The van der Waals surface area contributed by atoms with Crippen LogP contribution in [0.15, 0.2) is 24.3 Å². The molecule has 7 nitrogen and oxygen atoms in total. The number of carbonyl (C=O) groups excluding carboxylic acids is 2. The Kier molecular flexibility index (Phi) is 6.41. The Morgan fingerprint density at radius 2 is 2.00 bits per heavy atom. The second-order valence-electron chi connectivity index (χ2n) is 6.16. The van der Waals surface area contributed by atoms with Gasteiger partial charge in [-0.2, -0.15) is 0 Å². The number of rotatable bonds is 7. The van der Waals surface area contributed by atoms with Crippen LogP contribution in [0.2, 0.25) is 0 Å². The van der Waals surface area contributed by atoms with Gasteiger partial charge in [-0.15, -0.1) is 0 Å². The van der Waals surface area contributed by atoms with Gasteiger partial charge in [-0.1, -0.05) is 19.1 Å². The van der Waals surface area contributed by atoms with Crippen molar-refractivity contribution in [1.29, 1.82) is 0 Å². The number of benzene rings is 1. The Morgan fingerprint density at radius 1 is 1.32 bits per heavy atom. The van der Waals surface area contributed by atoms with Crippen molar-refractivity contribution in [3.8, 4) is 0 Å². The fourth-order valence-electron chi connectivity index (χ4n) is 2.64. The van der Waals surface area contributed by atoms with Crippen LogP contribution in [0.1, 0.15) is 25.8 Å². The largest absolute Gasteiger partial charge is 0.360 e. The van der Waals surface area contributed by atoms with Gasteiger partial charge in [0.1, 0.15) is 5.25 Å². The van der Waals surface area contributed by atoms with Crippen LogP contribution >= 0.6 is 0 Å². The third-order valence-electron chi connectivity index (χ3n) is 4.20. The number of piperazine rings is 1. The smallest absolute Gasteiger partial charge is 0.239 e. The van der Waals surface area contributed by atoms with E-state index < -0.39 is 21.0 Å². The summed E-state index contributed by atoms with van der Waals surface area (Å²) >= 11 is 0. The molecular formula is C17H25N3O4S. The molecule has 1 aliphatic heterocycles. The molecule has 0 bridgehead atoms. The van der Waals surface area contributed by atoms with Crippen LogP contribution in [-0.4, -0.2) is 50.9 Å². The molecule has 0 aliphatic carbocycles.